The number of nitrogens with two attached hydrogens (primary N) is 1. The van der Waals surface area contributed by atoms with Gasteiger partial charge in [-0.15, -0.1) is 0 Å². The van der Waals surface area contributed by atoms with Crippen molar-refractivity contribution >= 4 is 17.6 Å². The van der Waals surface area contributed by atoms with Crippen LogP contribution in [0.25, 0.3) is 0 Å². The van der Waals surface area contributed by atoms with Crippen molar-refractivity contribution in [2.24, 2.45) is 5.73 Å². The Morgan fingerprint density at radius 3 is 2.32 bits per heavy atom. The van der Waals surface area contributed by atoms with E-state index < -0.39 is 29.7 Å². The summed E-state index contributed by atoms with van der Waals surface area (Å²) in [5.41, 5.74) is 4.94. The molecule has 0 saturated carbocycles. The first-order valence-corrected chi connectivity index (χ1v) is 7.34. The third-order valence-electron chi connectivity index (χ3n) is 3.37. The van der Waals surface area contributed by atoms with Gasteiger partial charge < -0.3 is 16.4 Å². The Kier molecular flexibility index (Phi) is 5.63. The predicted octanol–water partition coefficient (Wildman–Crippen LogP) is 2.92. The lowest BCUT2D eigenvalue weighted by Gasteiger charge is -2.18. The maximum Gasteiger partial charge on any atom is 0.416 e. The lowest BCUT2D eigenvalue weighted by atomic mass is 10.1. The van der Waals surface area contributed by atoms with E-state index in [-0.39, 0.29) is 12.1 Å². The standard InChI is InChI=1S/C17H16F3N3O2/c18-17(19,20)12-7-4-8-13(10-12)22-15(24)14(23-16(21)25)9-11-5-2-1-3-6-11/h1-8,10,14H,9H2,(H,22,24)(H3,21,23,25)/t14-/m0/s1. The lowest BCUT2D eigenvalue weighted by molar-refractivity contribution is -0.137. The van der Waals surface area contributed by atoms with E-state index in [4.69, 9.17) is 5.73 Å². The van der Waals surface area contributed by atoms with Gasteiger partial charge in [-0.2, -0.15) is 13.2 Å². The summed E-state index contributed by atoms with van der Waals surface area (Å²) in [7, 11) is 0. The molecule has 0 saturated heterocycles. The van der Waals surface area contributed by atoms with Crippen LogP contribution in [0.3, 0.4) is 0 Å². The summed E-state index contributed by atoms with van der Waals surface area (Å²) in [5.74, 6) is -0.665. The number of carbonyl (C=O) groups excluding carboxylic acids is 2. The van der Waals surface area contributed by atoms with Crippen molar-refractivity contribution in [3.8, 4) is 0 Å². The van der Waals surface area contributed by atoms with Gasteiger partial charge in [-0.25, -0.2) is 4.79 Å². The molecule has 132 valence electrons. The Morgan fingerprint density at radius 1 is 1.04 bits per heavy atom. The van der Waals surface area contributed by atoms with Crippen molar-refractivity contribution in [2.75, 3.05) is 5.32 Å². The summed E-state index contributed by atoms with van der Waals surface area (Å²) >= 11 is 0. The summed E-state index contributed by atoms with van der Waals surface area (Å²) in [6.45, 7) is 0. The van der Waals surface area contributed by atoms with Crippen molar-refractivity contribution < 1.29 is 22.8 Å². The Labute approximate surface area is 142 Å². The number of urea groups is 1. The second kappa shape index (κ2) is 7.69. The molecule has 0 radical (unpaired) electrons. The van der Waals surface area contributed by atoms with Crippen molar-refractivity contribution in [3.05, 3.63) is 65.7 Å². The van der Waals surface area contributed by atoms with Crippen LogP contribution in [0.4, 0.5) is 23.7 Å². The molecule has 1 atom stereocenters. The van der Waals surface area contributed by atoms with Crippen molar-refractivity contribution in [1.82, 2.24) is 5.32 Å². The first kappa shape index (κ1) is 18.3. The van der Waals surface area contributed by atoms with Gasteiger partial charge in [0.05, 0.1) is 5.56 Å². The largest absolute Gasteiger partial charge is 0.416 e. The number of nitrogens with one attached hydrogen (secondary N) is 2. The zero-order valence-corrected chi connectivity index (χ0v) is 13.0. The highest BCUT2D eigenvalue weighted by Crippen LogP contribution is 2.30. The highest BCUT2D eigenvalue weighted by molar-refractivity contribution is 5.97. The summed E-state index contributed by atoms with van der Waals surface area (Å²) in [4.78, 5) is 23.5. The summed E-state index contributed by atoms with van der Waals surface area (Å²) < 4.78 is 38.2. The Hall–Kier alpha value is -3.03. The molecule has 2 aromatic rings. The summed E-state index contributed by atoms with van der Waals surface area (Å²) in [6.07, 6.45) is -4.37. The molecular weight excluding hydrogens is 335 g/mol. The molecule has 0 heterocycles. The molecule has 5 nitrogen and oxygen atoms in total. The first-order valence-electron chi connectivity index (χ1n) is 7.34. The molecule has 0 aromatic heterocycles. The number of carbonyl (C=O) groups is 2. The Morgan fingerprint density at radius 2 is 1.72 bits per heavy atom. The smallest absolute Gasteiger partial charge is 0.352 e. The SMILES string of the molecule is NC(=O)N[C@@H](Cc1ccccc1)C(=O)Nc1cccc(C(F)(F)F)c1. The maximum absolute atomic E-state index is 12.7. The van der Waals surface area contributed by atoms with Gasteiger partial charge in [0, 0.05) is 12.1 Å². The van der Waals surface area contributed by atoms with Crippen molar-refractivity contribution in [3.63, 3.8) is 0 Å². The second-order valence-electron chi connectivity index (χ2n) is 5.32. The van der Waals surface area contributed by atoms with Gasteiger partial charge >= 0.3 is 12.2 Å². The van der Waals surface area contributed by atoms with Crippen molar-refractivity contribution in [1.29, 1.82) is 0 Å². The van der Waals surface area contributed by atoms with Crippen LogP contribution < -0.4 is 16.4 Å². The van der Waals surface area contributed by atoms with Gasteiger partial charge in [-0.3, -0.25) is 4.79 Å². The number of primary amides is 1. The average Bonchev–Trinajstić information content (AvgIpc) is 2.54. The zero-order valence-electron chi connectivity index (χ0n) is 13.0. The fraction of sp³-hybridized carbons (Fsp3) is 0.176. The highest BCUT2D eigenvalue weighted by Gasteiger charge is 2.30. The van der Waals surface area contributed by atoms with Crippen LogP contribution in [0.5, 0.6) is 0 Å². The molecule has 2 rings (SSSR count). The highest BCUT2D eigenvalue weighted by atomic mass is 19.4. The number of hydrogen-bond donors (Lipinski definition) is 3. The van der Waals surface area contributed by atoms with Crippen LogP contribution in [0, 0.1) is 0 Å². The molecule has 0 unspecified atom stereocenters. The molecule has 3 amide bonds. The number of anilines is 1. The van der Waals surface area contributed by atoms with E-state index in [9.17, 15) is 22.8 Å². The van der Waals surface area contributed by atoms with E-state index in [1.807, 2.05) is 0 Å². The molecule has 0 aliphatic rings. The third kappa shape index (κ3) is 5.52. The number of alkyl halides is 3. The number of hydrogen-bond acceptors (Lipinski definition) is 2. The minimum atomic E-state index is -4.52. The minimum absolute atomic E-state index is 0.0239. The molecule has 0 spiro atoms. The van der Waals surface area contributed by atoms with Gasteiger partial charge in [-0.05, 0) is 23.8 Å². The molecule has 0 aliphatic carbocycles. The van der Waals surface area contributed by atoms with Gasteiger partial charge in [0.25, 0.3) is 0 Å². The second-order valence-corrected chi connectivity index (χ2v) is 5.32. The van der Waals surface area contributed by atoms with E-state index in [0.29, 0.717) is 0 Å². The molecule has 0 fully saturated rings. The number of rotatable bonds is 5. The van der Waals surface area contributed by atoms with Crippen LogP contribution >= 0.6 is 0 Å². The minimum Gasteiger partial charge on any atom is -0.352 e. The quantitative estimate of drug-likeness (QED) is 0.774. The van der Waals surface area contributed by atoms with Crippen LogP contribution in [0.2, 0.25) is 0 Å². The molecule has 25 heavy (non-hydrogen) atoms. The third-order valence-corrected chi connectivity index (χ3v) is 3.37. The van der Waals surface area contributed by atoms with Crippen LogP contribution in [-0.2, 0) is 17.4 Å². The zero-order chi connectivity index (χ0) is 18.4. The number of amides is 3. The topological polar surface area (TPSA) is 84.2 Å². The Bertz CT molecular complexity index is 748. The molecule has 8 heteroatoms. The average molecular weight is 351 g/mol. The maximum atomic E-state index is 12.7. The van der Waals surface area contributed by atoms with Crippen LogP contribution in [0.15, 0.2) is 54.6 Å². The van der Waals surface area contributed by atoms with E-state index in [1.54, 1.807) is 30.3 Å². The summed E-state index contributed by atoms with van der Waals surface area (Å²) in [6, 6.07) is 11.2. The fourth-order valence-electron chi connectivity index (χ4n) is 2.23. The number of halogens is 3. The number of benzene rings is 2. The molecular formula is C17H16F3N3O2. The van der Waals surface area contributed by atoms with E-state index in [0.717, 1.165) is 17.7 Å². The van der Waals surface area contributed by atoms with E-state index in [2.05, 4.69) is 10.6 Å². The summed E-state index contributed by atoms with van der Waals surface area (Å²) in [5, 5.41) is 4.67. The van der Waals surface area contributed by atoms with Crippen LogP contribution in [0.1, 0.15) is 11.1 Å². The molecule has 0 aliphatic heterocycles. The van der Waals surface area contributed by atoms with Gasteiger partial charge in [0.15, 0.2) is 0 Å². The first-order chi connectivity index (χ1) is 11.8. The van der Waals surface area contributed by atoms with Crippen LogP contribution in [-0.4, -0.2) is 18.0 Å². The normalized spacial score (nSPS) is 12.3. The molecule has 0 bridgehead atoms. The molecule has 2 aromatic carbocycles. The fourth-order valence-corrected chi connectivity index (χ4v) is 2.23. The van der Waals surface area contributed by atoms with Crippen molar-refractivity contribution in [2.45, 2.75) is 18.6 Å². The predicted molar refractivity (Wildman–Crippen MR) is 86.7 cm³/mol. The monoisotopic (exact) mass is 351 g/mol. The lowest BCUT2D eigenvalue weighted by Crippen LogP contribution is -2.47. The van der Waals surface area contributed by atoms with E-state index in [1.165, 1.54) is 12.1 Å². The van der Waals surface area contributed by atoms with Gasteiger partial charge in [0.2, 0.25) is 5.91 Å². The molecule has 4 N–H and O–H groups in total. The van der Waals surface area contributed by atoms with Gasteiger partial charge in [-0.1, -0.05) is 36.4 Å². The Balaban J connectivity index is 2.15. The van der Waals surface area contributed by atoms with Gasteiger partial charge in [0.1, 0.15) is 6.04 Å². The van der Waals surface area contributed by atoms with E-state index >= 15 is 0 Å².